The highest BCUT2D eigenvalue weighted by Gasteiger charge is 2.33. The van der Waals surface area contributed by atoms with Crippen molar-refractivity contribution in [1.29, 1.82) is 0 Å². The van der Waals surface area contributed by atoms with Gasteiger partial charge in [0, 0.05) is 5.92 Å². The van der Waals surface area contributed by atoms with E-state index in [1.165, 1.54) is 0 Å². The fraction of sp³-hybridized carbons (Fsp3) is 0.562. The zero-order valence-corrected chi connectivity index (χ0v) is 11.8. The van der Waals surface area contributed by atoms with Crippen molar-refractivity contribution in [2.24, 2.45) is 11.8 Å². The molecule has 1 fully saturated rings. The molecule has 0 saturated heterocycles. The summed E-state index contributed by atoms with van der Waals surface area (Å²) in [6, 6.07) is 2.04. The van der Waals surface area contributed by atoms with E-state index in [2.05, 4.69) is 6.92 Å². The van der Waals surface area contributed by atoms with Crippen LogP contribution in [0.3, 0.4) is 0 Å². The van der Waals surface area contributed by atoms with E-state index in [0.717, 1.165) is 25.3 Å². The van der Waals surface area contributed by atoms with Crippen molar-refractivity contribution in [3.63, 3.8) is 0 Å². The van der Waals surface area contributed by atoms with Crippen LogP contribution in [0.4, 0.5) is 17.6 Å². The van der Waals surface area contributed by atoms with E-state index in [0.29, 0.717) is 30.9 Å². The summed E-state index contributed by atoms with van der Waals surface area (Å²) in [6.07, 6.45) is -0.498. The maximum Gasteiger partial charge on any atom is 0.416 e. The molecule has 1 saturated carbocycles. The number of alkyl halides is 3. The Bertz CT molecular complexity index is 513. The molecule has 0 atom stereocenters. The molecular weight excluding hydrogens is 284 g/mol. The largest absolute Gasteiger partial charge is 0.416 e. The Hall–Kier alpha value is -1.39. The first-order valence-electron chi connectivity index (χ1n) is 7.24. The third kappa shape index (κ3) is 3.63. The van der Waals surface area contributed by atoms with Crippen LogP contribution in [0.5, 0.6) is 0 Å². The minimum atomic E-state index is -4.57. The number of hydrogen-bond donors (Lipinski definition) is 0. The molecule has 1 aromatic carbocycles. The normalized spacial score (nSPS) is 23.1. The van der Waals surface area contributed by atoms with Gasteiger partial charge in [0.05, 0.1) is 11.1 Å². The fourth-order valence-corrected chi connectivity index (χ4v) is 2.94. The average molecular weight is 302 g/mol. The van der Waals surface area contributed by atoms with Gasteiger partial charge in [-0.15, -0.1) is 0 Å². The Morgan fingerprint density at radius 2 is 1.81 bits per heavy atom. The van der Waals surface area contributed by atoms with Crippen molar-refractivity contribution >= 4 is 5.78 Å². The van der Waals surface area contributed by atoms with Crippen molar-refractivity contribution in [3.8, 4) is 0 Å². The van der Waals surface area contributed by atoms with Gasteiger partial charge in [0.15, 0.2) is 5.78 Å². The second kappa shape index (κ2) is 6.16. The SMILES string of the molecule is CCC1CCC(C(=O)c2cc(C(F)(F)F)ccc2F)CC1. The number of hydrogen-bond acceptors (Lipinski definition) is 1. The third-order valence-electron chi connectivity index (χ3n) is 4.35. The highest BCUT2D eigenvalue weighted by Crippen LogP contribution is 2.35. The minimum absolute atomic E-state index is 0.356. The van der Waals surface area contributed by atoms with Crippen LogP contribution in [0.25, 0.3) is 0 Å². The van der Waals surface area contributed by atoms with E-state index in [1.54, 1.807) is 0 Å². The molecule has 1 aliphatic carbocycles. The van der Waals surface area contributed by atoms with Crippen LogP contribution in [0.1, 0.15) is 54.9 Å². The highest BCUT2D eigenvalue weighted by molar-refractivity contribution is 5.98. The summed E-state index contributed by atoms with van der Waals surface area (Å²) in [7, 11) is 0. The molecule has 1 nitrogen and oxygen atoms in total. The van der Waals surface area contributed by atoms with Crippen LogP contribution in [0.2, 0.25) is 0 Å². The van der Waals surface area contributed by atoms with Gasteiger partial charge in [-0.25, -0.2) is 4.39 Å². The molecule has 1 aliphatic rings. The first-order chi connectivity index (χ1) is 9.82. The average Bonchev–Trinajstić information content (AvgIpc) is 2.46. The Morgan fingerprint density at radius 3 is 2.33 bits per heavy atom. The molecule has 21 heavy (non-hydrogen) atoms. The van der Waals surface area contributed by atoms with Crippen molar-refractivity contribution in [2.75, 3.05) is 0 Å². The second-order valence-electron chi connectivity index (χ2n) is 5.68. The Morgan fingerprint density at radius 1 is 1.19 bits per heavy atom. The highest BCUT2D eigenvalue weighted by atomic mass is 19.4. The van der Waals surface area contributed by atoms with Gasteiger partial charge in [-0.3, -0.25) is 4.79 Å². The zero-order valence-electron chi connectivity index (χ0n) is 11.8. The van der Waals surface area contributed by atoms with Gasteiger partial charge in [0.2, 0.25) is 0 Å². The maximum absolute atomic E-state index is 13.7. The molecule has 116 valence electrons. The summed E-state index contributed by atoms with van der Waals surface area (Å²) in [5.74, 6) is -1.15. The number of benzene rings is 1. The van der Waals surface area contributed by atoms with E-state index in [9.17, 15) is 22.4 Å². The van der Waals surface area contributed by atoms with E-state index < -0.39 is 28.9 Å². The Balaban J connectivity index is 2.19. The van der Waals surface area contributed by atoms with Gasteiger partial charge in [-0.2, -0.15) is 13.2 Å². The van der Waals surface area contributed by atoms with Crippen LogP contribution in [-0.4, -0.2) is 5.78 Å². The predicted molar refractivity (Wildman–Crippen MR) is 71.5 cm³/mol. The summed E-state index contributed by atoms with van der Waals surface area (Å²) in [6.45, 7) is 2.08. The molecule has 0 spiro atoms. The third-order valence-corrected chi connectivity index (χ3v) is 4.35. The lowest BCUT2D eigenvalue weighted by Crippen LogP contribution is -2.23. The van der Waals surface area contributed by atoms with E-state index >= 15 is 0 Å². The molecule has 5 heteroatoms. The van der Waals surface area contributed by atoms with Gasteiger partial charge >= 0.3 is 6.18 Å². The van der Waals surface area contributed by atoms with Crippen LogP contribution in [-0.2, 0) is 6.18 Å². The van der Waals surface area contributed by atoms with Gasteiger partial charge in [0.25, 0.3) is 0 Å². The lowest BCUT2D eigenvalue weighted by atomic mass is 9.77. The summed E-state index contributed by atoms with van der Waals surface area (Å²) in [5, 5.41) is 0. The van der Waals surface area contributed by atoms with E-state index in [1.807, 2.05) is 0 Å². The van der Waals surface area contributed by atoms with Gasteiger partial charge < -0.3 is 0 Å². The molecule has 0 N–H and O–H groups in total. The molecule has 0 aliphatic heterocycles. The van der Waals surface area contributed by atoms with Crippen molar-refractivity contribution in [1.82, 2.24) is 0 Å². The molecule has 1 aromatic rings. The number of carbonyl (C=O) groups excluding carboxylic acids is 1. The predicted octanol–water partition coefficient (Wildman–Crippen LogP) is 5.24. The smallest absolute Gasteiger partial charge is 0.294 e. The number of rotatable bonds is 3. The van der Waals surface area contributed by atoms with Crippen LogP contribution < -0.4 is 0 Å². The quantitative estimate of drug-likeness (QED) is 0.551. The minimum Gasteiger partial charge on any atom is -0.294 e. The summed E-state index contributed by atoms with van der Waals surface area (Å²) >= 11 is 0. The Kier molecular flexibility index (Phi) is 4.69. The topological polar surface area (TPSA) is 17.1 Å². The number of carbonyl (C=O) groups is 1. The summed E-state index contributed by atoms with van der Waals surface area (Å²) in [4.78, 5) is 12.3. The first-order valence-corrected chi connectivity index (χ1v) is 7.24. The van der Waals surface area contributed by atoms with Crippen LogP contribution >= 0.6 is 0 Å². The van der Waals surface area contributed by atoms with E-state index in [4.69, 9.17) is 0 Å². The monoisotopic (exact) mass is 302 g/mol. The van der Waals surface area contributed by atoms with Crippen molar-refractivity contribution < 1.29 is 22.4 Å². The van der Waals surface area contributed by atoms with Gasteiger partial charge in [0.1, 0.15) is 5.82 Å². The lowest BCUT2D eigenvalue weighted by molar-refractivity contribution is -0.137. The molecule has 0 radical (unpaired) electrons. The van der Waals surface area contributed by atoms with E-state index in [-0.39, 0.29) is 5.92 Å². The number of halogens is 4. The number of Topliss-reactive ketones (excluding diaryl/α,β-unsaturated/α-hetero) is 1. The van der Waals surface area contributed by atoms with Crippen LogP contribution in [0.15, 0.2) is 18.2 Å². The standard InChI is InChI=1S/C16H18F4O/c1-2-10-3-5-11(6-4-10)15(21)13-9-12(16(18,19)20)7-8-14(13)17/h7-11H,2-6H2,1H3. The molecular formula is C16H18F4O. The fourth-order valence-electron chi connectivity index (χ4n) is 2.94. The molecule has 0 aromatic heterocycles. The maximum atomic E-state index is 13.7. The summed E-state index contributed by atoms with van der Waals surface area (Å²) in [5.41, 5.74) is -1.40. The molecule has 0 bridgehead atoms. The van der Waals surface area contributed by atoms with Crippen LogP contribution in [0, 0.1) is 17.7 Å². The molecule has 0 amide bonds. The van der Waals surface area contributed by atoms with Crippen molar-refractivity contribution in [3.05, 3.63) is 35.1 Å². The molecule has 0 unspecified atom stereocenters. The lowest BCUT2D eigenvalue weighted by Gasteiger charge is -2.27. The molecule has 2 rings (SSSR count). The van der Waals surface area contributed by atoms with Gasteiger partial charge in [-0.05, 0) is 49.8 Å². The Labute approximate surface area is 121 Å². The number of ketones is 1. The zero-order chi connectivity index (χ0) is 15.6. The van der Waals surface area contributed by atoms with Crippen molar-refractivity contribution in [2.45, 2.75) is 45.2 Å². The molecule has 0 heterocycles. The second-order valence-corrected chi connectivity index (χ2v) is 5.68. The van der Waals surface area contributed by atoms with Gasteiger partial charge in [-0.1, -0.05) is 13.3 Å². The summed E-state index contributed by atoms with van der Waals surface area (Å²) < 4.78 is 51.7. The first kappa shape index (κ1) is 16.0.